The Morgan fingerprint density at radius 1 is 0.615 bits per heavy atom. The Bertz CT molecular complexity index is 568. The van der Waals surface area contributed by atoms with Gasteiger partial charge in [-0.3, -0.25) is 0 Å². The lowest BCUT2D eigenvalue weighted by molar-refractivity contribution is -0.0288. The van der Waals surface area contributed by atoms with Crippen molar-refractivity contribution in [1.82, 2.24) is 0 Å². The van der Waals surface area contributed by atoms with Gasteiger partial charge in [0.2, 0.25) is 0 Å². The highest BCUT2D eigenvalue weighted by atomic mass is 16.5. The van der Waals surface area contributed by atoms with Crippen LogP contribution < -0.4 is 9.47 Å². The molecule has 2 aromatic carbocycles. The van der Waals surface area contributed by atoms with Crippen molar-refractivity contribution in [3.63, 3.8) is 0 Å². The zero-order valence-corrected chi connectivity index (χ0v) is 14.6. The van der Waals surface area contributed by atoms with E-state index in [1.165, 1.54) is 0 Å². The first-order chi connectivity index (χ1) is 12.6. The van der Waals surface area contributed by atoms with Crippen molar-refractivity contribution in [3.8, 4) is 11.5 Å². The summed E-state index contributed by atoms with van der Waals surface area (Å²) in [5, 5.41) is 37.8. The largest absolute Gasteiger partial charge is 0.491 e. The van der Waals surface area contributed by atoms with E-state index in [-0.39, 0.29) is 26.4 Å². The lowest BCUT2D eigenvalue weighted by Crippen LogP contribution is -2.36. The summed E-state index contributed by atoms with van der Waals surface area (Å²) in [6.45, 7) is 0.0726. The Balaban J connectivity index is 1.73. The highest BCUT2D eigenvalue weighted by Gasteiger charge is 2.18. The van der Waals surface area contributed by atoms with Gasteiger partial charge >= 0.3 is 0 Å². The molecular formula is C20H26O6. The number of rotatable bonds is 11. The van der Waals surface area contributed by atoms with Crippen molar-refractivity contribution in [2.24, 2.45) is 0 Å². The van der Waals surface area contributed by atoms with E-state index < -0.39 is 12.2 Å². The Labute approximate surface area is 153 Å². The third-order valence-electron chi connectivity index (χ3n) is 3.93. The fraction of sp³-hybridized carbons (Fsp3) is 0.400. The van der Waals surface area contributed by atoms with Gasteiger partial charge in [0.1, 0.15) is 36.9 Å². The summed E-state index contributed by atoms with van der Waals surface area (Å²) < 4.78 is 10.9. The summed E-state index contributed by atoms with van der Waals surface area (Å²) >= 11 is 0. The normalized spacial score (nSPS) is 13.2. The van der Waals surface area contributed by atoms with Crippen molar-refractivity contribution < 1.29 is 29.9 Å². The molecule has 0 saturated heterocycles. The van der Waals surface area contributed by atoms with Crippen molar-refractivity contribution in [3.05, 3.63) is 59.7 Å². The average molecular weight is 362 g/mol. The number of aliphatic hydroxyl groups is 4. The van der Waals surface area contributed by atoms with Crippen LogP contribution >= 0.6 is 0 Å². The minimum absolute atomic E-state index is 0.0562. The van der Waals surface area contributed by atoms with Crippen LogP contribution in [0.15, 0.2) is 48.5 Å². The smallest absolute Gasteiger partial charge is 0.119 e. The number of aliphatic hydroxyl groups excluding tert-OH is 4. The van der Waals surface area contributed by atoms with Gasteiger partial charge in [0.15, 0.2) is 0 Å². The molecule has 0 bridgehead atoms. The van der Waals surface area contributed by atoms with Gasteiger partial charge in [-0.15, -0.1) is 0 Å². The topological polar surface area (TPSA) is 99.4 Å². The van der Waals surface area contributed by atoms with E-state index in [1.807, 2.05) is 24.3 Å². The number of hydrogen-bond acceptors (Lipinski definition) is 6. The quantitative estimate of drug-likeness (QED) is 0.475. The van der Waals surface area contributed by atoms with Crippen LogP contribution in [0.1, 0.15) is 11.1 Å². The van der Waals surface area contributed by atoms with E-state index in [0.29, 0.717) is 24.3 Å². The lowest BCUT2D eigenvalue weighted by atomic mass is 10.1. The van der Waals surface area contributed by atoms with Crippen LogP contribution in [-0.4, -0.2) is 59.1 Å². The summed E-state index contributed by atoms with van der Waals surface area (Å²) in [6.07, 6.45) is -0.999. The first kappa shape index (κ1) is 20.2. The first-order valence-corrected chi connectivity index (χ1v) is 8.63. The molecule has 0 saturated carbocycles. The van der Waals surface area contributed by atoms with Crippen molar-refractivity contribution in [2.75, 3.05) is 26.4 Å². The van der Waals surface area contributed by atoms with Crippen molar-refractivity contribution in [2.45, 2.75) is 25.0 Å². The Kier molecular flexibility index (Phi) is 8.37. The van der Waals surface area contributed by atoms with Crippen LogP contribution in [-0.2, 0) is 12.8 Å². The SMILES string of the molecule is OCCc1ccc(OCC(O)C(O)COc2ccc(CCO)cc2)cc1. The van der Waals surface area contributed by atoms with Gasteiger partial charge in [0.05, 0.1) is 0 Å². The summed E-state index contributed by atoms with van der Waals surface area (Å²) in [4.78, 5) is 0. The molecule has 142 valence electrons. The highest BCUT2D eigenvalue weighted by molar-refractivity contribution is 5.28. The zero-order chi connectivity index (χ0) is 18.8. The van der Waals surface area contributed by atoms with Crippen LogP contribution in [0.2, 0.25) is 0 Å². The van der Waals surface area contributed by atoms with Gasteiger partial charge in [-0.25, -0.2) is 0 Å². The molecule has 0 aliphatic rings. The number of ether oxygens (including phenoxy) is 2. The van der Waals surface area contributed by atoms with E-state index in [1.54, 1.807) is 24.3 Å². The molecule has 0 amide bonds. The molecule has 0 spiro atoms. The average Bonchev–Trinajstić information content (AvgIpc) is 2.67. The molecule has 0 aromatic heterocycles. The maximum atomic E-state index is 9.99. The van der Waals surface area contributed by atoms with E-state index in [0.717, 1.165) is 11.1 Å². The molecule has 0 aliphatic heterocycles. The highest BCUT2D eigenvalue weighted by Crippen LogP contribution is 2.15. The summed E-state index contributed by atoms with van der Waals surface area (Å²) in [5.41, 5.74) is 2.00. The monoisotopic (exact) mass is 362 g/mol. The molecule has 26 heavy (non-hydrogen) atoms. The molecule has 0 fully saturated rings. The Morgan fingerprint density at radius 2 is 0.962 bits per heavy atom. The maximum Gasteiger partial charge on any atom is 0.119 e. The molecular weight excluding hydrogens is 336 g/mol. The molecule has 6 nitrogen and oxygen atoms in total. The van der Waals surface area contributed by atoms with Gasteiger partial charge in [0.25, 0.3) is 0 Å². The fourth-order valence-corrected chi connectivity index (χ4v) is 2.35. The number of benzene rings is 2. The van der Waals surface area contributed by atoms with E-state index in [2.05, 4.69) is 0 Å². The zero-order valence-electron chi connectivity index (χ0n) is 14.6. The van der Waals surface area contributed by atoms with Crippen LogP contribution in [0, 0.1) is 0 Å². The standard InChI is InChI=1S/C20H26O6/c21-11-9-15-1-5-17(6-2-15)25-13-19(23)20(24)14-26-18-7-3-16(4-8-18)10-12-22/h1-8,19-24H,9-14H2. The molecule has 4 N–H and O–H groups in total. The summed E-state index contributed by atoms with van der Waals surface area (Å²) in [7, 11) is 0. The molecule has 6 heteroatoms. The second-order valence-electron chi connectivity index (χ2n) is 5.99. The lowest BCUT2D eigenvalue weighted by Gasteiger charge is -2.19. The van der Waals surface area contributed by atoms with E-state index in [9.17, 15) is 10.2 Å². The summed E-state index contributed by atoms with van der Waals surface area (Å²) in [6, 6.07) is 14.4. The molecule has 0 heterocycles. The van der Waals surface area contributed by atoms with Gasteiger partial charge in [-0.1, -0.05) is 24.3 Å². The molecule has 0 radical (unpaired) electrons. The third-order valence-corrected chi connectivity index (χ3v) is 3.93. The van der Waals surface area contributed by atoms with E-state index >= 15 is 0 Å². The molecule has 2 atom stereocenters. The first-order valence-electron chi connectivity index (χ1n) is 8.63. The number of hydrogen-bond donors (Lipinski definition) is 4. The summed E-state index contributed by atoms with van der Waals surface area (Å²) in [5.74, 6) is 1.16. The molecule has 2 rings (SSSR count). The maximum absolute atomic E-state index is 9.99. The van der Waals surface area contributed by atoms with Gasteiger partial charge < -0.3 is 29.9 Å². The van der Waals surface area contributed by atoms with Gasteiger partial charge in [0, 0.05) is 13.2 Å². The predicted octanol–water partition coefficient (Wildman–Crippen LogP) is 0.936. The second-order valence-corrected chi connectivity index (χ2v) is 5.99. The molecule has 2 unspecified atom stereocenters. The van der Waals surface area contributed by atoms with Crippen LogP contribution in [0.4, 0.5) is 0 Å². The Hall–Kier alpha value is -2.12. The van der Waals surface area contributed by atoms with Crippen LogP contribution in [0.3, 0.4) is 0 Å². The second kappa shape index (κ2) is 10.8. The third kappa shape index (κ3) is 6.65. The van der Waals surface area contributed by atoms with Crippen LogP contribution in [0.25, 0.3) is 0 Å². The van der Waals surface area contributed by atoms with E-state index in [4.69, 9.17) is 19.7 Å². The minimum atomic E-state index is -1.08. The molecule has 0 aliphatic carbocycles. The van der Waals surface area contributed by atoms with Crippen molar-refractivity contribution >= 4 is 0 Å². The van der Waals surface area contributed by atoms with Crippen molar-refractivity contribution in [1.29, 1.82) is 0 Å². The van der Waals surface area contributed by atoms with Gasteiger partial charge in [-0.05, 0) is 48.2 Å². The molecule has 2 aromatic rings. The predicted molar refractivity (Wildman–Crippen MR) is 97.5 cm³/mol. The van der Waals surface area contributed by atoms with Gasteiger partial charge in [-0.2, -0.15) is 0 Å². The fourth-order valence-electron chi connectivity index (χ4n) is 2.35. The minimum Gasteiger partial charge on any atom is -0.491 e. The Morgan fingerprint density at radius 3 is 1.27 bits per heavy atom. The van der Waals surface area contributed by atoms with Crippen LogP contribution in [0.5, 0.6) is 11.5 Å².